The number of carboxylic acids is 1. The van der Waals surface area contributed by atoms with E-state index in [1.54, 1.807) is 0 Å². The van der Waals surface area contributed by atoms with Crippen LogP contribution in [0.1, 0.15) is 18.9 Å². The summed E-state index contributed by atoms with van der Waals surface area (Å²) in [4.78, 5) is 34.4. The van der Waals surface area contributed by atoms with Crippen LogP contribution in [0, 0.1) is 0 Å². The van der Waals surface area contributed by atoms with E-state index in [1.165, 1.54) is 6.92 Å². The van der Waals surface area contributed by atoms with Crippen LogP contribution in [0.4, 0.5) is 0 Å². The van der Waals surface area contributed by atoms with Gasteiger partial charge >= 0.3 is 5.97 Å². The third-order valence-corrected chi connectivity index (χ3v) is 4.02. The molecule has 5 N–H and O–H groups in total. The summed E-state index contributed by atoms with van der Waals surface area (Å²) >= 11 is 0. The van der Waals surface area contributed by atoms with Gasteiger partial charge in [-0.15, -0.1) is 0 Å². The van der Waals surface area contributed by atoms with Gasteiger partial charge < -0.3 is 21.5 Å². The molecule has 142 valence electrons. The summed E-state index contributed by atoms with van der Waals surface area (Å²) < 4.78 is 0. The topological polar surface area (TPSA) is 122 Å². The molecule has 2 aromatic rings. The number of benzene rings is 2. The monoisotopic (exact) mass is 369 g/mol. The van der Waals surface area contributed by atoms with Crippen molar-refractivity contribution >= 4 is 17.8 Å². The molecular formula is C20H23N3O4. The molecule has 0 heterocycles. The van der Waals surface area contributed by atoms with Gasteiger partial charge in [0.15, 0.2) is 0 Å². The summed E-state index contributed by atoms with van der Waals surface area (Å²) in [6.45, 7) is 1.64. The van der Waals surface area contributed by atoms with Crippen molar-refractivity contribution in [2.24, 2.45) is 5.73 Å². The van der Waals surface area contributed by atoms with Crippen molar-refractivity contribution in [3.63, 3.8) is 0 Å². The molecule has 2 atom stereocenters. The molecule has 0 saturated heterocycles. The highest BCUT2D eigenvalue weighted by atomic mass is 16.4. The van der Waals surface area contributed by atoms with Crippen LogP contribution >= 0.6 is 0 Å². The van der Waals surface area contributed by atoms with Crippen LogP contribution in [-0.4, -0.2) is 35.0 Å². The van der Waals surface area contributed by atoms with Crippen LogP contribution in [-0.2, 0) is 20.9 Å². The quantitative estimate of drug-likeness (QED) is 0.558. The summed E-state index contributed by atoms with van der Waals surface area (Å²) in [5, 5.41) is 13.7. The van der Waals surface area contributed by atoms with Crippen molar-refractivity contribution < 1.29 is 19.5 Å². The minimum Gasteiger partial charge on any atom is -0.480 e. The van der Waals surface area contributed by atoms with Crippen molar-refractivity contribution in [2.45, 2.75) is 32.0 Å². The standard InChI is InChI=1S/C20H23N3O4/c1-13(20(26)27)23-19(25)17(21)11-18(24)22-12-14-7-9-16(10-8-14)15-5-3-2-4-6-15/h2-10,13,17H,11-12,21H2,1H3,(H,22,24)(H,23,25)(H,26,27). The van der Waals surface area contributed by atoms with Gasteiger partial charge in [0.05, 0.1) is 12.5 Å². The second kappa shape index (κ2) is 9.49. The molecule has 0 radical (unpaired) electrons. The second-order valence-corrected chi connectivity index (χ2v) is 6.22. The molecule has 0 saturated carbocycles. The predicted molar refractivity (Wildman–Crippen MR) is 102 cm³/mol. The maximum absolute atomic E-state index is 12.0. The number of carbonyl (C=O) groups is 3. The molecule has 2 aromatic carbocycles. The third-order valence-electron chi connectivity index (χ3n) is 4.02. The van der Waals surface area contributed by atoms with Gasteiger partial charge in [0.25, 0.3) is 0 Å². The van der Waals surface area contributed by atoms with E-state index in [0.717, 1.165) is 16.7 Å². The number of hydrogen-bond acceptors (Lipinski definition) is 4. The van der Waals surface area contributed by atoms with Crippen molar-refractivity contribution in [1.82, 2.24) is 10.6 Å². The Labute approximate surface area is 157 Å². The molecule has 0 aliphatic carbocycles. The number of hydrogen-bond donors (Lipinski definition) is 4. The maximum atomic E-state index is 12.0. The average Bonchev–Trinajstić information content (AvgIpc) is 2.67. The van der Waals surface area contributed by atoms with Crippen molar-refractivity contribution in [3.05, 3.63) is 60.2 Å². The molecule has 0 bridgehead atoms. The van der Waals surface area contributed by atoms with Crippen molar-refractivity contribution in [2.75, 3.05) is 0 Å². The summed E-state index contributed by atoms with van der Waals surface area (Å²) in [7, 11) is 0. The summed E-state index contributed by atoms with van der Waals surface area (Å²) in [5.41, 5.74) is 8.76. The molecular weight excluding hydrogens is 346 g/mol. The largest absolute Gasteiger partial charge is 0.480 e. The molecule has 2 amide bonds. The lowest BCUT2D eigenvalue weighted by atomic mass is 10.0. The van der Waals surface area contributed by atoms with Gasteiger partial charge in [0.1, 0.15) is 6.04 Å². The SMILES string of the molecule is CC(NC(=O)C(N)CC(=O)NCc1ccc(-c2ccccc2)cc1)C(=O)O. The van der Waals surface area contributed by atoms with E-state index in [4.69, 9.17) is 10.8 Å². The van der Waals surface area contributed by atoms with Gasteiger partial charge in [-0.25, -0.2) is 0 Å². The van der Waals surface area contributed by atoms with E-state index in [0.29, 0.717) is 6.54 Å². The number of amides is 2. The average molecular weight is 369 g/mol. The first-order valence-corrected chi connectivity index (χ1v) is 8.56. The number of rotatable bonds is 8. The Morgan fingerprint density at radius 1 is 1.00 bits per heavy atom. The first kappa shape index (κ1) is 20.1. The highest BCUT2D eigenvalue weighted by molar-refractivity contribution is 5.90. The zero-order chi connectivity index (χ0) is 19.8. The number of nitrogens with two attached hydrogens (primary N) is 1. The lowest BCUT2D eigenvalue weighted by molar-refractivity contribution is -0.141. The highest BCUT2D eigenvalue weighted by Crippen LogP contribution is 2.19. The fourth-order valence-electron chi connectivity index (χ4n) is 2.39. The Kier molecular flexibility index (Phi) is 7.08. The van der Waals surface area contributed by atoms with E-state index >= 15 is 0 Å². The molecule has 2 unspecified atom stereocenters. The normalized spacial score (nSPS) is 12.7. The maximum Gasteiger partial charge on any atom is 0.325 e. The van der Waals surface area contributed by atoms with Crippen LogP contribution in [0.5, 0.6) is 0 Å². The minimum atomic E-state index is -1.17. The summed E-state index contributed by atoms with van der Waals surface area (Å²) in [5.74, 6) is -2.22. The van der Waals surface area contributed by atoms with E-state index in [9.17, 15) is 14.4 Å². The number of nitrogens with one attached hydrogen (secondary N) is 2. The van der Waals surface area contributed by atoms with Crippen LogP contribution < -0.4 is 16.4 Å². The molecule has 0 aromatic heterocycles. The Morgan fingerprint density at radius 3 is 2.19 bits per heavy atom. The predicted octanol–water partition coefficient (Wildman–Crippen LogP) is 1.28. The van der Waals surface area contributed by atoms with E-state index in [1.807, 2.05) is 54.6 Å². The molecule has 0 spiro atoms. The molecule has 2 rings (SSSR count). The molecule has 7 heteroatoms. The Balaban J connectivity index is 1.81. The lowest BCUT2D eigenvalue weighted by Crippen LogP contribution is -2.48. The van der Waals surface area contributed by atoms with Crippen LogP contribution in [0.15, 0.2) is 54.6 Å². The minimum absolute atomic E-state index is 0.222. The zero-order valence-corrected chi connectivity index (χ0v) is 15.0. The second-order valence-electron chi connectivity index (χ2n) is 6.22. The Bertz CT molecular complexity index is 791. The zero-order valence-electron chi connectivity index (χ0n) is 15.0. The van der Waals surface area contributed by atoms with Crippen LogP contribution in [0.25, 0.3) is 11.1 Å². The van der Waals surface area contributed by atoms with Gasteiger partial charge in [-0.05, 0) is 23.6 Å². The first-order valence-electron chi connectivity index (χ1n) is 8.56. The number of carbonyl (C=O) groups excluding carboxylic acids is 2. The fraction of sp³-hybridized carbons (Fsp3) is 0.250. The van der Waals surface area contributed by atoms with Gasteiger partial charge in [-0.1, -0.05) is 54.6 Å². The Hall–Kier alpha value is -3.19. The fourth-order valence-corrected chi connectivity index (χ4v) is 2.39. The van der Waals surface area contributed by atoms with Crippen LogP contribution in [0.2, 0.25) is 0 Å². The summed E-state index contributed by atoms with van der Waals surface area (Å²) in [6, 6.07) is 15.6. The van der Waals surface area contributed by atoms with Crippen molar-refractivity contribution in [1.29, 1.82) is 0 Å². The number of aliphatic carboxylic acids is 1. The van der Waals surface area contributed by atoms with Gasteiger partial charge in [-0.2, -0.15) is 0 Å². The first-order chi connectivity index (χ1) is 12.9. The van der Waals surface area contributed by atoms with E-state index in [-0.39, 0.29) is 12.3 Å². The third kappa shape index (κ3) is 6.23. The number of carboxylic acid groups (broad SMARTS) is 1. The van der Waals surface area contributed by atoms with E-state index in [2.05, 4.69) is 10.6 Å². The van der Waals surface area contributed by atoms with E-state index < -0.39 is 24.0 Å². The Morgan fingerprint density at radius 2 is 1.59 bits per heavy atom. The van der Waals surface area contributed by atoms with Gasteiger partial charge in [-0.3, -0.25) is 14.4 Å². The molecule has 27 heavy (non-hydrogen) atoms. The van der Waals surface area contributed by atoms with Gasteiger partial charge in [0.2, 0.25) is 11.8 Å². The van der Waals surface area contributed by atoms with Crippen LogP contribution in [0.3, 0.4) is 0 Å². The van der Waals surface area contributed by atoms with Gasteiger partial charge in [0, 0.05) is 6.54 Å². The van der Waals surface area contributed by atoms with Crippen molar-refractivity contribution in [3.8, 4) is 11.1 Å². The lowest BCUT2D eigenvalue weighted by Gasteiger charge is -2.14. The summed E-state index contributed by atoms with van der Waals surface area (Å²) in [6.07, 6.45) is -0.222. The molecule has 7 nitrogen and oxygen atoms in total. The highest BCUT2D eigenvalue weighted by Gasteiger charge is 2.21. The molecule has 0 fully saturated rings. The molecule has 0 aliphatic heterocycles. The molecule has 0 aliphatic rings. The smallest absolute Gasteiger partial charge is 0.325 e.